The molecular formula is C20H19N7O2S. The third-order valence-electron chi connectivity index (χ3n) is 4.39. The maximum Gasteiger partial charge on any atom is 0.297 e. The van der Waals surface area contributed by atoms with Crippen molar-refractivity contribution in [2.45, 2.75) is 20.3 Å². The molecule has 0 aliphatic heterocycles. The summed E-state index contributed by atoms with van der Waals surface area (Å²) in [6.45, 7) is 3.97. The molecule has 0 bridgehead atoms. The van der Waals surface area contributed by atoms with Gasteiger partial charge in [0.15, 0.2) is 5.13 Å². The molecule has 0 radical (unpaired) electrons. The molecule has 9 nitrogen and oxygen atoms in total. The Hall–Kier alpha value is -3.66. The molecule has 0 aliphatic rings. The number of aromatic nitrogens is 5. The number of nitrogens with zero attached hydrogens (tertiary/aromatic N) is 5. The Balaban J connectivity index is 1.42. The monoisotopic (exact) mass is 421 g/mol. The van der Waals surface area contributed by atoms with E-state index in [1.165, 1.54) is 22.8 Å². The second-order valence-electron chi connectivity index (χ2n) is 6.66. The highest BCUT2D eigenvalue weighted by Crippen LogP contribution is 2.25. The van der Waals surface area contributed by atoms with Gasteiger partial charge < -0.3 is 5.32 Å². The van der Waals surface area contributed by atoms with Gasteiger partial charge in [-0.25, -0.2) is 14.5 Å². The number of hydrogen-bond donors (Lipinski definition) is 2. The highest BCUT2D eigenvalue weighted by Gasteiger charge is 2.16. The lowest BCUT2D eigenvalue weighted by atomic mass is 10.1. The maximum atomic E-state index is 12.5. The predicted octanol–water partition coefficient (Wildman–Crippen LogP) is 2.49. The van der Waals surface area contributed by atoms with Crippen molar-refractivity contribution in [2.24, 2.45) is 0 Å². The van der Waals surface area contributed by atoms with Crippen molar-refractivity contribution in [3.63, 3.8) is 0 Å². The molecule has 0 aliphatic carbocycles. The molecule has 1 aromatic carbocycles. The molecule has 0 atom stereocenters. The lowest BCUT2D eigenvalue weighted by Crippen LogP contribution is -2.22. The van der Waals surface area contributed by atoms with E-state index in [4.69, 9.17) is 0 Å². The number of carbonyl (C=O) groups is 2. The fourth-order valence-corrected chi connectivity index (χ4v) is 3.56. The van der Waals surface area contributed by atoms with Crippen LogP contribution < -0.4 is 10.6 Å². The van der Waals surface area contributed by atoms with Crippen molar-refractivity contribution in [3.05, 3.63) is 59.0 Å². The van der Waals surface area contributed by atoms with Gasteiger partial charge in [-0.3, -0.25) is 14.9 Å². The summed E-state index contributed by atoms with van der Waals surface area (Å²) >= 11 is 1.33. The Labute approximate surface area is 176 Å². The van der Waals surface area contributed by atoms with E-state index in [1.54, 1.807) is 12.3 Å². The van der Waals surface area contributed by atoms with Crippen LogP contribution in [0.3, 0.4) is 0 Å². The van der Waals surface area contributed by atoms with Crippen LogP contribution in [0.25, 0.3) is 17.0 Å². The van der Waals surface area contributed by atoms with Crippen LogP contribution in [0.5, 0.6) is 0 Å². The van der Waals surface area contributed by atoms with Crippen molar-refractivity contribution < 1.29 is 9.59 Å². The van der Waals surface area contributed by atoms with Gasteiger partial charge in [0.25, 0.3) is 11.7 Å². The van der Waals surface area contributed by atoms with E-state index in [-0.39, 0.29) is 11.7 Å². The third-order valence-corrected chi connectivity index (χ3v) is 5.15. The van der Waals surface area contributed by atoms with E-state index in [9.17, 15) is 9.59 Å². The fraction of sp³-hybridized carbons (Fsp3) is 0.200. The van der Waals surface area contributed by atoms with Crippen molar-refractivity contribution in [3.8, 4) is 11.3 Å². The van der Waals surface area contributed by atoms with Crippen LogP contribution in [0, 0.1) is 6.92 Å². The molecule has 4 aromatic rings. The summed E-state index contributed by atoms with van der Waals surface area (Å²) in [5.41, 5.74) is 3.67. The first-order valence-electron chi connectivity index (χ1n) is 9.28. The average Bonchev–Trinajstić information content (AvgIpc) is 3.36. The summed E-state index contributed by atoms with van der Waals surface area (Å²) in [6.07, 6.45) is 2.39. The first kappa shape index (κ1) is 19.6. The second kappa shape index (κ2) is 8.37. The molecule has 4 rings (SSSR count). The highest BCUT2D eigenvalue weighted by molar-refractivity contribution is 7.14. The van der Waals surface area contributed by atoms with Gasteiger partial charge in [0, 0.05) is 36.3 Å². The van der Waals surface area contributed by atoms with Crippen molar-refractivity contribution in [1.82, 2.24) is 29.9 Å². The lowest BCUT2D eigenvalue weighted by Gasteiger charge is -2.03. The topological polar surface area (TPSA) is 114 Å². The lowest BCUT2D eigenvalue weighted by molar-refractivity contribution is -0.118. The first-order chi connectivity index (χ1) is 14.5. The first-order valence-corrected chi connectivity index (χ1v) is 10.2. The molecule has 0 spiro atoms. The summed E-state index contributed by atoms with van der Waals surface area (Å²) in [6, 6.07) is 9.75. The predicted molar refractivity (Wildman–Crippen MR) is 113 cm³/mol. The number of fused-ring (bicyclic) bond motifs is 1. The van der Waals surface area contributed by atoms with E-state index >= 15 is 0 Å². The van der Waals surface area contributed by atoms with Gasteiger partial charge in [0.05, 0.1) is 5.69 Å². The molecule has 2 N–H and O–H groups in total. The van der Waals surface area contributed by atoms with Gasteiger partial charge >= 0.3 is 0 Å². The van der Waals surface area contributed by atoms with Crippen LogP contribution in [0.1, 0.15) is 28.8 Å². The Kier molecular flexibility index (Phi) is 5.48. The molecule has 10 heteroatoms. The van der Waals surface area contributed by atoms with Crippen molar-refractivity contribution in [2.75, 3.05) is 11.9 Å². The molecular weight excluding hydrogens is 402 g/mol. The second-order valence-corrected chi connectivity index (χ2v) is 7.51. The van der Waals surface area contributed by atoms with E-state index in [0.29, 0.717) is 17.5 Å². The Morgan fingerprint density at radius 1 is 1.13 bits per heavy atom. The summed E-state index contributed by atoms with van der Waals surface area (Å²) < 4.78 is 1.52. The smallest absolute Gasteiger partial charge is 0.297 e. The quantitative estimate of drug-likeness (QED) is 0.494. The summed E-state index contributed by atoms with van der Waals surface area (Å²) in [5.74, 6) is -0.0568. The average molecular weight is 421 g/mol. The Bertz CT molecular complexity index is 1210. The van der Waals surface area contributed by atoms with Crippen molar-refractivity contribution >= 4 is 34.1 Å². The standard InChI is InChI=1S/C20H19N7O2S/c1-12-7-9-22-19-24-17(26-27(12)19)18(29)25-20-23-16(11-30-20)15-5-3-14(4-6-15)8-10-21-13(2)28/h3-7,9,11H,8,10H2,1-2H3,(H,21,28)(H,23,25,29). The van der Waals surface area contributed by atoms with Gasteiger partial charge in [0.2, 0.25) is 11.7 Å². The number of aryl methyl sites for hydroxylation is 1. The van der Waals surface area contributed by atoms with Gasteiger partial charge in [-0.1, -0.05) is 24.3 Å². The minimum Gasteiger partial charge on any atom is -0.356 e. The number of amides is 2. The Morgan fingerprint density at radius 2 is 1.93 bits per heavy atom. The number of hydrogen-bond acceptors (Lipinski definition) is 7. The van der Waals surface area contributed by atoms with Gasteiger partial charge in [0.1, 0.15) is 0 Å². The molecule has 0 unspecified atom stereocenters. The normalized spacial score (nSPS) is 10.9. The molecule has 3 heterocycles. The summed E-state index contributed by atoms with van der Waals surface area (Å²) in [7, 11) is 0. The zero-order valence-electron chi connectivity index (χ0n) is 16.4. The minimum atomic E-state index is -0.436. The SMILES string of the molecule is CC(=O)NCCc1ccc(-c2csc(NC(=O)c3nc4nccc(C)n4n3)n2)cc1. The van der Waals surface area contributed by atoms with Crippen LogP contribution in [0.2, 0.25) is 0 Å². The number of anilines is 1. The van der Waals surface area contributed by atoms with Gasteiger partial charge in [-0.2, -0.15) is 4.98 Å². The number of nitrogens with one attached hydrogen (secondary N) is 2. The van der Waals surface area contributed by atoms with Crippen molar-refractivity contribution in [1.29, 1.82) is 0 Å². The molecule has 30 heavy (non-hydrogen) atoms. The van der Waals surface area contributed by atoms with Crippen LogP contribution in [0.15, 0.2) is 41.9 Å². The van der Waals surface area contributed by atoms with E-state index in [1.807, 2.05) is 36.6 Å². The van der Waals surface area contributed by atoms with E-state index in [2.05, 4.69) is 30.7 Å². The molecule has 0 saturated carbocycles. The van der Waals surface area contributed by atoms with Gasteiger partial charge in [-0.15, -0.1) is 16.4 Å². The van der Waals surface area contributed by atoms with Crippen LogP contribution in [0.4, 0.5) is 5.13 Å². The third kappa shape index (κ3) is 4.33. The number of benzene rings is 1. The van der Waals surface area contributed by atoms with Crippen LogP contribution in [-0.2, 0) is 11.2 Å². The zero-order chi connectivity index (χ0) is 21.1. The largest absolute Gasteiger partial charge is 0.356 e. The number of thiazole rings is 1. The number of rotatable bonds is 6. The van der Waals surface area contributed by atoms with E-state index in [0.717, 1.165) is 28.9 Å². The molecule has 2 amide bonds. The molecule has 152 valence electrons. The summed E-state index contributed by atoms with van der Waals surface area (Å²) in [5, 5.41) is 12.1. The minimum absolute atomic E-state index is 0.0334. The van der Waals surface area contributed by atoms with Crippen LogP contribution >= 0.6 is 11.3 Å². The molecule has 0 fully saturated rings. The van der Waals surface area contributed by atoms with Gasteiger partial charge in [-0.05, 0) is 25.0 Å². The highest BCUT2D eigenvalue weighted by atomic mass is 32.1. The Morgan fingerprint density at radius 3 is 2.67 bits per heavy atom. The zero-order valence-corrected chi connectivity index (χ0v) is 17.2. The van der Waals surface area contributed by atoms with Crippen LogP contribution in [-0.4, -0.2) is 42.9 Å². The summed E-state index contributed by atoms with van der Waals surface area (Å²) in [4.78, 5) is 36.2. The molecule has 0 saturated heterocycles. The molecule has 3 aromatic heterocycles. The maximum absolute atomic E-state index is 12.5. The van der Waals surface area contributed by atoms with E-state index < -0.39 is 5.91 Å². The number of carbonyl (C=O) groups excluding carboxylic acids is 2. The fourth-order valence-electron chi connectivity index (χ4n) is 2.84.